The Bertz CT molecular complexity index is 475. The molecule has 1 rings (SSSR count). The first-order valence-corrected chi connectivity index (χ1v) is 6.81. The van der Waals surface area contributed by atoms with Crippen LogP contribution in [0.3, 0.4) is 0 Å². The fraction of sp³-hybridized carbons (Fsp3) is 0.600. The second kappa shape index (κ2) is 6.22. The second-order valence-corrected chi connectivity index (χ2v) is 6.97. The van der Waals surface area contributed by atoms with Crippen molar-refractivity contribution < 1.29 is 5.21 Å². The lowest BCUT2D eigenvalue weighted by atomic mass is 9.81. The minimum Gasteiger partial charge on any atom is -0.409 e. The highest BCUT2D eigenvalue weighted by atomic mass is 16.4. The lowest BCUT2D eigenvalue weighted by molar-refractivity contribution is 0.240. The summed E-state index contributed by atoms with van der Waals surface area (Å²) in [6.45, 7) is 11.7. The molecule has 0 aliphatic rings. The van der Waals surface area contributed by atoms with E-state index in [4.69, 9.17) is 10.9 Å². The number of hydrogen-bond acceptors (Lipinski definition) is 4. The minimum absolute atomic E-state index is 0.00349. The highest BCUT2D eigenvalue weighted by molar-refractivity contribution is 5.96. The molecule has 0 aliphatic carbocycles. The van der Waals surface area contributed by atoms with Crippen molar-refractivity contribution in [1.29, 1.82) is 0 Å². The van der Waals surface area contributed by atoms with Crippen molar-refractivity contribution in [3.63, 3.8) is 0 Å². The van der Waals surface area contributed by atoms with E-state index in [9.17, 15) is 0 Å². The van der Waals surface area contributed by atoms with Gasteiger partial charge in [-0.15, -0.1) is 0 Å². The Kier molecular flexibility index (Phi) is 5.11. The number of amidine groups is 1. The Labute approximate surface area is 121 Å². The summed E-state index contributed by atoms with van der Waals surface area (Å²) in [5.74, 6) is 0.0380. The van der Waals surface area contributed by atoms with Gasteiger partial charge in [0.05, 0.1) is 0 Å². The van der Waals surface area contributed by atoms with Crippen LogP contribution in [0.25, 0.3) is 0 Å². The third-order valence-electron chi connectivity index (χ3n) is 2.97. The average Bonchev–Trinajstić information content (AvgIpc) is 2.33. The molecule has 4 N–H and O–H groups in total. The fourth-order valence-corrected chi connectivity index (χ4v) is 2.58. The zero-order valence-electron chi connectivity index (χ0n) is 13.1. The Morgan fingerprint density at radius 1 is 1.35 bits per heavy atom. The van der Waals surface area contributed by atoms with Crippen molar-refractivity contribution in [1.82, 2.24) is 10.3 Å². The van der Waals surface area contributed by atoms with Crippen molar-refractivity contribution in [2.75, 3.05) is 0 Å². The maximum atomic E-state index is 8.80. The first-order chi connectivity index (χ1) is 9.14. The van der Waals surface area contributed by atoms with E-state index in [1.165, 1.54) is 0 Å². The smallest absolute Gasteiger partial charge is 0.189 e. The summed E-state index contributed by atoms with van der Waals surface area (Å²) in [4.78, 5) is 4.17. The number of nitrogens with two attached hydrogens (primary N) is 1. The van der Waals surface area contributed by atoms with E-state index in [1.807, 2.05) is 12.1 Å². The molecular weight excluding hydrogens is 252 g/mol. The molecule has 5 heteroatoms. The lowest BCUT2D eigenvalue weighted by Gasteiger charge is -2.33. The van der Waals surface area contributed by atoms with Gasteiger partial charge in [-0.1, -0.05) is 32.0 Å². The van der Waals surface area contributed by atoms with Crippen LogP contribution in [0.5, 0.6) is 0 Å². The summed E-state index contributed by atoms with van der Waals surface area (Å²) < 4.78 is 0. The van der Waals surface area contributed by atoms with Gasteiger partial charge < -0.3 is 16.3 Å². The zero-order chi connectivity index (χ0) is 15.4. The van der Waals surface area contributed by atoms with E-state index in [0.717, 1.165) is 12.0 Å². The number of rotatable bonds is 5. The SMILES string of the molecule is CC(C)(C)CC(C)(C)NCc1cccnc1C(N)=NO. The number of hydrogen-bond donors (Lipinski definition) is 3. The summed E-state index contributed by atoms with van der Waals surface area (Å²) in [6, 6.07) is 3.78. The third-order valence-corrected chi connectivity index (χ3v) is 2.97. The molecule has 1 aromatic rings. The standard InChI is InChI=1S/C15H26N4O/c1-14(2,3)10-15(4,5)18-9-11-7-6-8-17-12(11)13(16)19-20/h6-8,18,20H,9-10H2,1-5H3,(H2,16,19). The van der Waals surface area contributed by atoms with E-state index in [0.29, 0.717) is 12.2 Å². The monoisotopic (exact) mass is 278 g/mol. The third kappa shape index (κ3) is 5.17. The second-order valence-electron chi connectivity index (χ2n) is 6.97. The van der Waals surface area contributed by atoms with Crippen LogP contribution in [0, 0.1) is 5.41 Å². The summed E-state index contributed by atoms with van der Waals surface area (Å²) >= 11 is 0. The molecule has 0 atom stereocenters. The number of pyridine rings is 1. The lowest BCUT2D eigenvalue weighted by Crippen LogP contribution is -2.42. The van der Waals surface area contributed by atoms with Crippen molar-refractivity contribution in [3.8, 4) is 0 Å². The predicted molar refractivity (Wildman–Crippen MR) is 81.7 cm³/mol. The maximum absolute atomic E-state index is 8.80. The van der Waals surface area contributed by atoms with Crippen LogP contribution in [0.4, 0.5) is 0 Å². The molecule has 5 nitrogen and oxygen atoms in total. The van der Waals surface area contributed by atoms with Crippen molar-refractivity contribution in [2.24, 2.45) is 16.3 Å². The van der Waals surface area contributed by atoms with Crippen molar-refractivity contribution >= 4 is 5.84 Å². The topological polar surface area (TPSA) is 83.5 Å². The molecule has 0 fully saturated rings. The van der Waals surface area contributed by atoms with Gasteiger partial charge in [0.1, 0.15) is 5.69 Å². The van der Waals surface area contributed by atoms with Crippen LogP contribution in [0.2, 0.25) is 0 Å². The maximum Gasteiger partial charge on any atom is 0.189 e. The van der Waals surface area contributed by atoms with Gasteiger partial charge in [-0.3, -0.25) is 4.98 Å². The molecule has 0 radical (unpaired) electrons. The largest absolute Gasteiger partial charge is 0.409 e. The summed E-state index contributed by atoms with van der Waals surface area (Å²) in [6.07, 6.45) is 2.68. The molecule has 0 aromatic carbocycles. The van der Waals surface area contributed by atoms with E-state index < -0.39 is 0 Å². The van der Waals surface area contributed by atoms with Gasteiger partial charge >= 0.3 is 0 Å². The Morgan fingerprint density at radius 2 is 2.00 bits per heavy atom. The van der Waals surface area contributed by atoms with E-state index in [2.05, 4.69) is 50.1 Å². The van der Waals surface area contributed by atoms with Crippen LogP contribution in [0.1, 0.15) is 52.3 Å². The van der Waals surface area contributed by atoms with Crippen LogP contribution in [-0.4, -0.2) is 21.6 Å². The number of nitrogens with zero attached hydrogens (tertiary/aromatic N) is 2. The van der Waals surface area contributed by atoms with Crippen molar-refractivity contribution in [2.45, 2.75) is 53.1 Å². The first-order valence-electron chi connectivity index (χ1n) is 6.81. The van der Waals surface area contributed by atoms with E-state index in [1.54, 1.807) is 6.20 Å². The molecule has 1 aromatic heterocycles. The summed E-state index contributed by atoms with van der Waals surface area (Å²) in [7, 11) is 0. The molecule has 1 heterocycles. The molecular formula is C15H26N4O. The van der Waals surface area contributed by atoms with Crippen molar-refractivity contribution in [3.05, 3.63) is 29.6 Å². The van der Waals surface area contributed by atoms with Gasteiger partial charge in [0.15, 0.2) is 5.84 Å². The fourth-order valence-electron chi connectivity index (χ4n) is 2.58. The van der Waals surface area contributed by atoms with Gasteiger partial charge in [-0.05, 0) is 37.3 Å². The van der Waals surface area contributed by atoms with Crippen LogP contribution >= 0.6 is 0 Å². The van der Waals surface area contributed by atoms with E-state index >= 15 is 0 Å². The van der Waals surface area contributed by atoms with E-state index in [-0.39, 0.29) is 16.8 Å². The van der Waals surface area contributed by atoms with Crippen LogP contribution in [-0.2, 0) is 6.54 Å². The molecule has 0 saturated heterocycles. The molecule has 112 valence electrons. The number of aromatic nitrogens is 1. The first kappa shape index (κ1) is 16.4. The van der Waals surface area contributed by atoms with Gasteiger partial charge in [0, 0.05) is 18.3 Å². The number of nitrogens with one attached hydrogen (secondary N) is 1. The highest BCUT2D eigenvalue weighted by Gasteiger charge is 2.25. The van der Waals surface area contributed by atoms with Crippen LogP contribution < -0.4 is 11.1 Å². The molecule has 20 heavy (non-hydrogen) atoms. The summed E-state index contributed by atoms with van der Waals surface area (Å²) in [5.41, 5.74) is 7.34. The molecule has 0 saturated carbocycles. The summed E-state index contributed by atoms with van der Waals surface area (Å²) in [5, 5.41) is 15.3. The Balaban J connectivity index is 2.80. The molecule has 0 spiro atoms. The Morgan fingerprint density at radius 3 is 2.55 bits per heavy atom. The number of oxime groups is 1. The molecule has 0 bridgehead atoms. The van der Waals surface area contributed by atoms with Gasteiger partial charge in [-0.25, -0.2) is 0 Å². The van der Waals surface area contributed by atoms with Gasteiger partial charge in [0.2, 0.25) is 0 Å². The minimum atomic E-state index is -0.00349. The highest BCUT2D eigenvalue weighted by Crippen LogP contribution is 2.27. The van der Waals surface area contributed by atoms with Crippen LogP contribution in [0.15, 0.2) is 23.5 Å². The molecule has 0 unspecified atom stereocenters. The van der Waals surface area contributed by atoms with Gasteiger partial charge in [0.25, 0.3) is 0 Å². The predicted octanol–water partition coefficient (Wildman–Crippen LogP) is 2.48. The molecule has 0 amide bonds. The normalized spacial score (nSPS) is 13.6. The zero-order valence-corrected chi connectivity index (χ0v) is 13.1. The van der Waals surface area contributed by atoms with Gasteiger partial charge in [-0.2, -0.15) is 0 Å². The molecule has 0 aliphatic heterocycles. The quantitative estimate of drug-likeness (QED) is 0.334. The average molecular weight is 278 g/mol. The Hall–Kier alpha value is -1.62.